The van der Waals surface area contributed by atoms with Gasteiger partial charge in [-0.15, -0.1) is 0 Å². The molecule has 0 aliphatic heterocycles. The van der Waals surface area contributed by atoms with Crippen molar-refractivity contribution < 1.29 is 14.3 Å². The lowest BCUT2D eigenvalue weighted by molar-refractivity contribution is 0.0600. The number of aromatic nitrogens is 1. The van der Waals surface area contributed by atoms with Crippen molar-refractivity contribution in [2.75, 3.05) is 7.11 Å². The number of carbonyl (C=O) groups is 2. The maximum Gasteiger partial charge on any atom is 0.337 e. The van der Waals surface area contributed by atoms with E-state index in [-0.39, 0.29) is 11.0 Å². The summed E-state index contributed by atoms with van der Waals surface area (Å²) in [5, 5.41) is 2.69. The summed E-state index contributed by atoms with van der Waals surface area (Å²) in [7, 11) is 3.23. The fourth-order valence-electron chi connectivity index (χ4n) is 2.95. The van der Waals surface area contributed by atoms with Gasteiger partial charge in [-0.2, -0.15) is 4.99 Å². The number of nitrogens with one attached hydrogen (secondary N) is 1. The van der Waals surface area contributed by atoms with Crippen LogP contribution in [-0.2, 0) is 11.8 Å². The zero-order valence-corrected chi connectivity index (χ0v) is 17.5. The van der Waals surface area contributed by atoms with Crippen LogP contribution in [0.3, 0.4) is 0 Å². The molecule has 8 heteroatoms. The highest BCUT2D eigenvalue weighted by Crippen LogP contribution is 2.22. The number of thiocarbonyl (C=S) groups is 1. The number of amides is 1. The minimum atomic E-state index is -0.458. The Morgan fingerprint density at radius 2 is 1.79 bits per heavy atom. The first-order chi connectivity index (χ1) is 13.3. The first kappa shape index (κ1) is 19.9. The summed E-state index contributed by atoms with van der Waals surface area (Å²) in [6.07, 6.45) is 0. The summed E-state index contributed by atoms with van der Waals surface area (Å²) >= 11 is 6.76. The number of esters is 1. The van der Waals surface area contributed by atoms with E-state index in [0.29, 0.717) is 15.9 Å². The number of fused-ring (bicyclic) bond motifs is 1. The second-order valence-electron chi connectivity index (χ2n) is 6.31. The van der Waals surface area contributed by atoms with E-state index >= 15 is 0 Å². The van der Waals surface area contributed by atoms with Gasteiger partial charge in [-0.3, -0.25) is 10.1 Å². The second-order valence-corrected chi connectivity index (χ2v) is 7.71. The minimum Gasteiger partial charge on any atom is -0.465 e. The van der Waals surface area contributed by atoms with Crippen molar-refractivity contribution in [3.8, 4) is 0 Å². The Labute approximate surface area is 171 Å². The molecule has 0 atom stereocenters. The molecule has 0 radical (unpaired) electrons. The predicted molar refractivity (Wildman–Crippen MR) is 114 cm³/mol. The Morgan fingerprint density at radius 1 is 1.14 bits per heavy atom. The summed E-state index contributed by atoms with van der Waals surface area (Å²) in [6, 6.07) is 10.4. The lowest BCUT2D eigenvalue weighted by Crippen LogP contribution is -2.29. The summed E-state index contributed by atoms with van der Waals surface area (Å²) < 4.78 is 7.73. The molecule has 3 rings (SSSR count). The molecule has 2 aromatic carbocycles. The lowest BCUT2D eigenvalue weighted by Gasteiger charge is -2.04. The van der Waals surface area contributed by atoms with E-state index in [2.05, 4.69) is 41.0 Å². The van der Waals surface area contributed by atoms with Crippen LogP contribution in [0, 0.1) is 13.8 Å². The van der Waals surface area contributed by atoms with Crippen LogP contribution in [0.4, 0.5) is 0 Å². The molecule has 6 nitrogen and oxygen atoms in total. The van der Waals surface area contributed by atoms with E-state index in [4.69, 9.17) is 12.2 Å². The highest BCUT2D eigenvalue weighted by Gasteiger charge is 2.11. The molecule has 0 saturated carbocycles. The van der Waals surface area contributed by atoms with Gasteiger partial charge in [0.15, 0.2) is 4.80 Å². The molecule has 0 bridgehead atoms. The third kappa shape index (κ3) is 4.02. The van der Waals surface area contributed by atoms with Crippen LogP contribution >= 0.6 is 23.6 Å². The molecular formula is C20H19N3O3S2. The van der Waals surface area contributed by atoms with Gasteiger partial charge in [-0.05, 0) is 67.5 Å². The molecule has 1 aromatic heterocycles. The van der Waals surface area contributed by atoms with E-state index in [1.54, 1.807) is 0 Å². The van der Waals surface area contributed by atoms with E-state index in [9.17, 15) is 9.59 Å². The van der Waals surface area contributed by atoms with Gasteiger partial charge in [0.2, 0.25) is 5.11 Å². The van der Waals surface area contributed by atoms with Crippen LogP contribution in [-0.4, -0.2) is 28.7 Å². The zero-order chi connectivity index (χ0) is 20.4. The third-order valence-corrected chi connectivity index (χ3v) is 5.49. The SMILES string of the molecule is COC(=O)c1ccc(C(=O)NC(=S)/N=c2/sc3cc(C)cc(C)c3n2C)cc1. The summed E-state index contributed by atoms with van der Waals surface area (Å²) in [5.74, 6) is -0.846. The first-order valence-corrected chi connectivity index (χ1v) is 9.68. The fourth-order valence-corrected chi connectivity index (χ4v) is 4.39. The van der Waals surface area contributed by atoms with Gasteiger partial charge >= 0.3 is 5.97 Å². The van der Waals surface area contributed by atoms with Crippen molar-refractivity contribution in [2.45, 2.75) is 13.8 Å². The van der Waals surface area contributed by atoms with Crippen molar-refractivity contribution >= 4 is 50.8 Å². The van der Waals surface area contributed by atoms with Gasteiger partial charge in [0.05, 0.1) is 22.9 Å². The molecule has 0 saturated heterocycles. The standard InChI is InChI=1S/C20H19N3O3S2/c1-11-9-12(2)16-15(10-11)28-20(23(16)3)22-19(27)21-17(24)13-5-7-14(8-6-13)18(25)26-4/h5-10H,1-4H3,(H,21,24,27)/b22-20+. The summed E-state index contributed by atoms with van der Waals surface area (Å²) in [4.78, 5) is 28.9. The predicted octanol–water partition coefficient (Wildman–Crippen LogP) is 3.26. The Kier molecular flexibility index (Phi) is 5.71. The maximum atomic E-state index is 12.4. The topological polar surface area (TPSA) is 72.7 Å². The van der Waals surface area contributed by atoms with Gasteiger partial charge in [-0.25, -0.2) is 4.79 Å². The van der Waals surface area contributed by atoms with Gasteiger partial charge in [-0.1, -0.05) is 17.4 Å². The number of thiazole rings is 1. The number of hydrogen-bond donors (Lipinski definition) is 1. The van der Waals surface area contributed by atoms with Crippen LogP contribution in [0.1, 0.15) is 31.8 Å². The third-order valence-electron chi connectivity index (χ3n) is 4.22. The Hall–Kier alpha value is -2.84. The van der Waals surface area contributed by atoms with Crippen LogP contribution in [0.5, 0.6) is 0 Å². The highest BCUT2D eigenvalue weighted by atomic mass is 32.1. The molecule has 0 fully saturated rings. The number of benzene rings is 2. The normalized spacial score (nSPS) is 11.5. The second kappa shape index (κ2) is 8.04. The molecule has 1 amide bonds. The zero-order valence-electron chi connectivity index (χ0n) is 15.9. The van der Waals surface area contributed by atoms with Crippen LogP contribution in [0.15, 0.2) is 41.4 Å². The smallest absolute Gasteiger partial charge is 0.337 e. The van der Waals surface area contributed by atoms with Crippen molar-refractivity contribution in [3.05, 3.63) is 63.5 Å². The first-order valence-electron chi connectivity index (χ1n) is 8.45. The minimum absolute atomic E-state index is 0.0820. The average Bonchev–Trinajstić information content (AvgIpc) is 2.96. The van der Waals surface area contributed by atoms with Gasteiger partial charge in [0.25, 0.3) is 5.91 Å². The number of aryl methyl sites for hydroxylation is 3. The maximum absolute atomic E-state index is 12.4. The number of nitrogens with zero attached hydrogens (tertiary/aromatic N) is 2. The molecule has 0 spiro atoms. The number of methoxy groups -OCH3 is 1. The fraction of sp³-hybridized carbons (Fsp3) is 0.200. The van der Waals surface area contributed by atoms with Crippen molar-refractivity contribution in [2.24, 2.45) is 12.0 Å². The number of carbonyl (C=O) groups excluding carboxylic acids is 2. The average molecular weight is 414 g/mol. The van der Waals surface area contributed by atoms with Gasteiger partial charge in [0, 0.05) is 12.6 Å². The molecule has 144 valence electrons. The lowest BCUT2D eigenvalue weighted by atomic mass is 10.1. The Morgan fingerprint density at radius 3 is 2.43 bits per heavy atom. The van der Waals surface area contributed by atoms with E-state index in [1.807, 2.05) is 11.6 Å². The Balaban J connectivity index is 1.82. The largest absolute Gasteiger partial charge is 0.465 e. The van der Waals surface area contributed by atoms with Crippen LogP contribution < -0.4 is 10.1 Å². The monoisotopic (exact) mass is 413 g/mol. The van der Waals surface area contributed by atoms with Crippen molar-refractivity contribution in [1.29, 1.82) is 0 Å². The van der Waals surface area contributed by atoms with E-state index < -0.39 is 5.97 Å². The van der Waals surface area contributed by atoms with E-state index in [1.165, 1.54) is 48.3 Å². The molecule has 1 N–H and O–H groups in total. The molecule has 28 heavy (non-hydrogen) atoms. The van der Waals surface area contributed by atoms with Gasteiger partial charge in [0.1, 0.15) is 0 Å². The number of ether oxygens (including phenoxy) is 1. The molecule has 0 unspecified atom stereocenters. The van der Waals surface area contributed by atoms with Crippen LogP contribution in [0.25, 0.3) is 10.2 Å². The summed E-state index contributed by atoms with van der Waals surface area (Å²) in [5.41, 5.74) is 4.19. The highest BCUT2D eigenvalue weighted by molar-refractivity contribution is 7.80. The molecular weight excluding hydrogens is 394 g/mol. The van der Waals surface area contributed by atoms with E-state index in [0.717, 1.165) is 15.8 Å². The number of hydrogen-bond acceptors (Lipinski definition) is 5. The van der Waals surface area contributed by atoms with Gasteiger partial charge < -0.3 is 9.30 Å². The van der Waals surface area contributed by atoms with Crippen LogP contribution in [0.2, 0.25) is 0 Å². The molecule has 3 aromatic rings. The summed E-state index contributed by atoms with van der Waals surface area (Å²) in [6.45, 7) is 4.11. The van der Waals surface area contributed by atoms with Crippen molar-refractivity contribution in [3.63, 3.8) is 0 Å². The molecule has 0 aliphatic carbocycles. The Bertz CT molecular complexity index is 1160. The molecule has 1 heterocycles. The number of rotatable bonds is 2. The van der Waals surface area contributed by atoms with Crippen molar-refractivity contribution in [1.82, 2.24) is 9.88 Å². The molecule has 0 aliphatic rings. The quantitative estimate of drug-likeness (QED) is 0.517.